The van der Waals surface area contributed by atoms with E-state index in [9.17, 15) is 22.6 Å². The van der Waals surface area contributed by atoms with Gasteiger partial charge in [-0.2, -0.15) is 0 Å². The third-order valence-electron chi connectivity index (χ3n) is 6.49. The van der Waals surface area contributed by atoms with Gasteiger partial charge in [0.05, 0.1) is 4.90 Å². The molecule has 0 amide bonds. The Morgan fingerprint density at radius 3 is 1.42 bits per heavy atom. The van der Waals surface area contributed by atoms with Crippen LogP contribution in [-0.2, 0) is 23.3 Å². The molecule has 0 heterocycles. The van der Waals surface area contributed by atoms with Crippen LogP contribution in [0.4, 0.5) is 0 Å². The zero-order chi connectivity index (χ0) is 29.5. The number of carbonyl (C=O) groups is 2. The first-order chi connectivity index (χ1) is 20.3. The maximum absolute atomic E-state index is 12.6. The van der Waals surface area contributed by atoms with Crippen molar-refractivity contribution in [3.05, 3.63) is 161 Å². The van der Waals surface area contributed by atoms with Crippen LogP contribution >= 0.6 is 0 Å². The van der Waals surface area contributed by atoms with Crippen LogP contribution in [0.25, 0.3) is 0 Å². The van der Waals surface area contributed by atoms with Crippen LogP contribution in [0.2, 0.25) is 0 Å². The molecule has 5 aromatic carbocycles. The molecule has 0 saturated heterocycles. The molecular formula is C34H25KO7S. The van der Waals surface area contributed by atoms with Gasteiger partial charge in [-0.15, -0.1) is 0 Å². The van der Waals surface area contributed by atoms with E-state index in [0.29, 0.717) is 27.8 Å². The topological polar surface area (TPSA) is 110 Å². The second kappa shape index (κ2) is 14.9. The van der Waals surface area contributed by atoms with Crippen molar-refractivity contribution in [3.8, 4) is 11.5 Å². The smallest absolute Gasteiger partial charge is 0.744 e. The van der Waals surface area contributed by atoms with E-state index in [-0.39, 0.29) is 87.7 Å². The second-order valence-corrected chi connectivity index (χ2v) is 10.8. The second-order valence-electron chi connectivity index (χ2n) is 9.42. The summed E-state index contributed by atoms with van der Waals surface area (Å²) in [6.45, 7) is 0.0724. The normalized spacial score (nSPS) is 10.8. The summed E-state index contributed by atoms with van der Waals surface area (Å²) in [5.74, 6) is -0.147. The van der Waals surface area contributed by atoms with Crippen molar-refractivity contribution in [2.24, 2.45) is 0 Å². The molecule has 7 nitrogen and oxygen atoms in total. The first-order valence-corrected chi connectivity index (χ1v) is 14.4. The molecule has 0 aliphatic heterocycles. The Balaban J connectivity index is 0.00000423. The molecule has 0 aliphatic rings. The number of carbonyl (C=O) groups excluding carboxylic acids is 2. The average molecular weight is 617 g/mol. The van der Waals surface area contributed by atoms with Crippen molar-refractivity contribution in [1.29, 1.82) is 0 Å². The fraction of sp³-hybridized carbons (Fsp3) is 0.0588. The predicted octanol–water partition coefficient (Wildman–Crippen LogP) is 3.21. The molecule has 9 heteroatoms. The molecule has 0 spiro atoms. The first kappa shape index (κ1) is 32.5. The number of rotatable bonds is 11. The molecule has 0 aromatic heterocycles. The Labute approximate surface area is 292 Å². The van der Waals surface area contributed by atoms with Crippen LogP contribution in [0.3, 0.4) is 0 Å². The Hall–Kier alpha value is -3.41. The van der Waals surface area contributed by atoms with Crippen LogP contribution in [0.1, 0.15) is 43.0 Å². The van der Waals surface area contributed by atoms with Gasteiger partial charge in [0.2, 0.25) is 0 Å². The molecule has 0 fully saturated rings. The third kappa shape index (κ3) is 8.58. The summed E-state index contributed by atoms with van der Waals surface area (Å²) in [5, 5.41) is 0. The summed E-state index contributed by atoms with van der Waals surface area (Å²) in [6.07, 6.45) is 0. The predicted molar refractivity (Wildman–Crippen MR) is 156 cm³/mol. The van der Waals surface area contributed by atoms with E-state index >= 15 is 0 Å². The van der Waals surface area contributed by atoms with Crippen molar-refractivity contribution < 1.29 is 83.4 Å². The molecule has 0 saturated carbocycles. The fourth-order valence-corrected chi connectivity index (χ4v) is 4.87. The third-order valence-corrected chi connectivity index (χ3v) is 7.35. The maximum atomic E-state index is 12.6. The fourth-order valence-electron chi connectivity index (χ4n) is 4.24. The number of ether oxygens (including phenoxy) is 2. The van der Waals surface area contributed by atoms with E-state index in [2.05, 4.69) is 0 Å². The van der Waals surface area contributed by atoms with Gasteiger partial charge in [0, 0.05) is 28.3 Å². The zero-order valence-electron chi connectivity index (χ0n) is 23.3. The van der Waals surface area contributed by atoms with E-state index in [1.54, 1.807) is 97.1 Å². The molecule has 43 heavy (non-hydrogen) atoms. The molecule has 210 valence electrons. The van der Waals surface area contributed by atoms with Gasteiger partial charge < -0.3 is 14.0 Å². The summed E-state index contributed by atoms with van der Waals surface area (Å²) in [5.41, 5.74) is 3.63. The number of hydrogen-bond acceptors (Lipinski definition) is 7. The summed E-state index contributed by atoms with van der Waals surface area (Å²) < 4.78 is 47.4. The number of hydrogen-bond donors (Lipinski definition) is 0. The van der Waals surface area contributed by atoms with Gasteiger partial charge in [0.1, 0.15) is 34.8 Å². The Morgan fingerprint density at radius 1 is 0.558 bits per heavy atom. The van der Waals surface area contributed by atoms with Crippen molar-refractivity contribution in [1.82, 2.24) is 0 Å². The molecule has 0 N–H and O–H groups in total. The average Bonchev–Trinajstić information content (AvgIpc) is 3.03. The maximum Gasteiger partial charge on any atom is 1.00 e. The molecule has 0 aliphatic carbocycles. The number of benzene rings is 5. The Morgan fingerprint density at radius 2 is 0.977 bits per heavy atom. The monoisotopic (exact) mass is 616 g/mol. The van der Waals surface area contributed by atoms with Gasteiger partial charge in [0.15, 0.2) is 11.6 Å². The van der Waals surface area contributed by atoms with E-state index < -0.39 is 15.0 Å². The van der Waals surface area contributed by atoms with Crippen LogP contribution in [0.5, 0.6) is 11.5 Å². The van der Waals surface area contributed by atoms with E-state index in [1.807, 2.05) is 12.1 Å². The van der Waals surface area contributed by atoms with Gasteiger partial charge in [-0.25, -0.2) is 8.42 Å². The van der Waals surface area contributed by atoms with Crippen LogP contribution in [-0.4, -0.2) is 24.5 Å². The van der Waals surface area contributed by atoms with Gasteiger partial charge in [-0.05, 0) is 23.3 Å². The largest absolute Gasteiger partial charge is 1.00 e. The first-order valence-electron chi connectivity index (χ1n) is 13.0. The van der Waals surface area contributed by atoms with Crippen molar-refractivity contribution >= 4 is 21.7 Å². The van der Waals surface area contributed by atoms with Crippen molar-refractivity contribution in [3.63, 3.8) is 0 Å². The van der Waals surface area contributed by atoms with Crippen molar-refractivity contribution in [2.45, 2.75) is 18.1 Å². The van der Waals surface area contributed by atoms with Crippen LogP contribution in [0, 0.1) is 0 Å². The minimum Gasteiger partial charge on any atom is -0.744 e. The van der Waals surface area contributed by atoms with Gasteiger partial charge in [-0.3, -0.25) is 9.59 Å². The Bertz CT molecular complexity index is 1810. The van der Waals surface area contributed by atoms with Crippen molar-refractivity contribution in [2.75, 3.05) is 0 Å². The van der Waals surface area contributed by atoms with Gasteiger partial charge in [0.25, 0.3) is 0 Å². The van der Waals surface area contributed by atoms with Gasteiger partial charge >= 0.3 is 51.4 Å². The molecular weight excluding hydrogens is 592 g/mol. The number of ketones is 2. The summed E-state index contributed by atoms with van der Waals surface area (Å²) >= 11 is 0. The Kier molecular flexibility index (Phi) is 11.2. The molecule has 0 unspecified atom stereocenters. The minimum absolute atomic E-state index is 0. The van der Waals surface area contributed by atoms with E-state index in [0.717, 1.165) is 11.6 Å². The van der Waals surface area contributed by atoms with Crippen LogP contribution < -0.4 is 60.9 Å². The molecule has 5 aromatic rings. The van der Waals surface area contributed by atoms with E-state index in [1.165, 1.54) is 12.1 Å². The zero-order valence-corrected chi connectivity index (χ0v) is 27.2. The SMILES string of the molecule is O=C(c1ccccc1)c1ccc(COc2ccc(OCc3ccc(C(=O)c4ccccc4)cc3)c(S(=O)(=O)[O-])c2)cc1.[K+]. The van der Waals surface area contributed by atoms with Gasteiger partial charge in [-0.1, -0.05) is 109 Å². The standard InChI is InChI=1S/C34H26O7S.K/c35-33(26-7-3-1-4-8-26)28-15-11-24(12-16-28)22-40-30-19-20-31(32(21-30)42(37,38)39)41-23-25-13-17-29(18-14-25)34(36)27-9-5-2-6-10-27;/h1-21H,22-23H2,(H,37,38,39);/q;+1/p-1. The summed E-state index contributed by atoms with van der Waals surface area (Å²) in [4.78, 5) is 24.7. The summed E-state index contributed by atoms with van der Waals surface area (Å²) in [7, 11) is -4.87. The quantitative estimate of drug-likeness (QED) is 0.127. The van der Waals surface area contributed by atoms with Crippen LogP contribution in [0.15, 0.2) is 132 Å². The molecule has 0 atom stereocenters. The van der Waals surface area contributed by atoms with E-state index in [4.69, 9.17) is 9.47 Å². The summed E-state index contributed by atoms with van der Waals surface area (Å²) in [6, 6.07) is 35.5. The minimum atomic E-state index is -4.87. The molecule has 5 rings (SSSR count). The molecule has 0 radical (unpaired) electrons. The molecule has 0 bridgehead atoms.